The second-order valence-corrected chi connectivity index (χ2v) is 7.10. The fourth-order valence-electron chi connectivity index (χ4n) is 3.50. The van der Waals surface area contributed by atoms with Crippen LogP contribution in [-0.2, 0) is 13.2 Å². The van der Waals surface area contributed by atoms with Gasteiger partial charge in [-0.3, -0.25) is 0 Å². The molecule has 0 aliphatic carbocycles. The minimum atomic E-state index is -0.542. The van der Waals surface area contributed by atoms with Crippen LogP contribution < -0.4 is 10.1 Å². The van der Waals surface area contributed by atoms with Crippen LogP contribution in [0.2, 0.25) is 0 Å². The van der Waals surface area contributed by atoms with E-state index in [4.69, 9.17) is 4.74 Å². The molecule has 0 fully saturated rings. The summed E-state index contributed by atoms with van der Waals surface area (Å²) in [5.41, 5.74) is 3.16. The molecule has 0 amide bonds. The normalized spacial score (nSPS) is 12.0. The molecule has 0 aromatic heterocycles. The highest BCUT2D eigenvalue weighted by Crippen LogP contribution is 2.29. The van der Waals surface area contributed by atoms with E-state index in [0.717, 1.165) is 22.4 Å². The Bertz CT molecular complexity index is 1050. The standard InChI is InChI=1S/C26H25NO2/c28-25(22-12-5-2-6-13-22)18-27-17-24-23-14-8-7-11-21(23)15-16-26(24)29-19-20-9-3-1-4-10-20/h1-16,25,27-28H,17-19H2. The maximum Gasteiger partial charge on any atom is 0.124 e. The van der Waals surface area contributed by atoms with E-state index in [9.17, 15) is 5.11 Å². The topological polar surface area (TPSA) is 41.5 Å². The van der Waals surface area contributed by atoms with Crippen molar-refractivity contribution in [3.8, 4) is 5.75 Å². The summed E-state index contributed by atoms with van der Waals surface area (Å²) in [4.78, 5) is 0. The van der Waals surface area contributed by atoms with Crippen LogP contribution in [0.4, 0.5) is 0 Å². The zero-order chi connectivity index (χ0) is 19.9. The van der Waals surface area contributed by atoms with Gasteiger partial charge in [-0.15, -0.1) is 0 Å². The van der Waals surface area contributed by atoms with Gasteiger partial charge >= 0.3 is 0 Å². The molecule has 3 nitrogen and oxygen atoms in total. The molecular weight excluding hydrogens is 358 g/mol. The fourth-order valence-corrected chi connectivity index (χ4v) is 3.50. The first-order valence-corrected chi connectivity index (χ1v) is 9.92. The van der Waals surface area contributed by atoms with Gasteiger partial charge in [0.1, 0.15) is 12.4 Å². The Morgan fingerprint density at radius 1 is 0.759 bits per heavy atom. The van der Waals surface area contributed by atoms with Crippen molar-refractivity contribution >= 4 is 10.8 Å². The number of aliphatic hydroxyl groups is 1. The molecule has 4 aromatic carbocycles. The lowest BCUT2D eigenvalue weighted by molar-refractivity contribution is 0.174. The average Bonchev–Trinajstić information content (AvgIpc) is 2.79. The fraction of sp³-hybridized carbons (Fsp3) is 0.154. The predicted octanol–water partition coefficient (Wildman–Crippen LogP) is 5.24. The van der Waals surface area contributed by atoms with Crippen LogP contribution in [0.15, 0.2) is 97.1 Å². The van der Waals surface area contributed by atoms with Crippen LogP contribution in [0, 0.1) is 0 Å². The monoisotopic (exact) mass is 383 g/mol. The second kappa shape index (κ2) is 9.37. The number of fused-ring (bicyclic) bond motifs is 1. The lowest BCUT2D eigenvalue weighted by atomic mass is 10.0. The number of ether oxygens (including phenoxy) is 1. The van der Waals surface area contributed by atoms with Gasteiger partial charge in [0.15, 0.2) is 0 Å². The highest BCUT2D eigenvalue weighted by molar-refractivity contribution is 5.87. The molecule has 3 heteroatoms. The van der Waals surface area contributed by atoms with Crippen molar-refractivity contribution in [1.29, 1.82) is 0 Å². The van der Waals surface area contributed by atoms with Crippen LogP contribution >= 0.6 is 0 Å². The van der Waals surface area contributed by atoms with Gasteiger partial charge in [0, 0.05) is 18.7 Å². The van der Waals surface area contributed by atoms with Crippen LogP contribution in [-0.4, -0.2) is 11.7 Å². The Labute approximate surface area is 171 Å². The van der Waals surface area contributed by atoms with Crippen LogP contribution in [0.25, 0.3) is 10.8 Å². The van der Waals surface area contributed by atoms with Gasteiger partial charge in [-0.2, -0.15) is 0 Å². The van der Waals surface area contributed by atoms with Crippen molar-refractivity contribution in [2.45, 2.75) is 19.3 Å². The lowest BCUT2D eigenvalue weighted by Gasteiger charge is -2.17. The summed E-state index contributed by atoms with van der Waals surface area (Å²) in [7, 11) is 0. The first kappa shape index (κ1) is 19.2. The van der Waals surface area contributed by atoms with Crippen molar-refractivity contribution < 1.29 is 9.84 Å². The molecule has 2 N–H and O–H groups in total. The summed E-state index contributed by atoms with van der Waals surface area (Å²) in [5, 5.41) is 16.2. The van der Waals surface area contributed by atoms with Gasteiger partial charge < -0.3 is 15.2 Å². The molecule has 1 atom stereocenters. The summed E-state index contributed by atoms with van der Waals surface area (Å²) in [6, 6.07) is 32.4. The summed E-state index contributed by atoms with van der Waals surface area (Å²) in [6.07, 6.45) is -0.542. The van der Waals surface area contributed by atoms with Crippen LogP contribution in [0.3, 0.4) is 0 Å². The number of hydrogen-bond acceptors (Lipinski definition) is 3. The van der Waals surface area contributed by atoms with E-state index in [1.54, 1.807) is 0 Å². The number of nitrogens with one attached hydrogen (secondary N) is 1. The van der Waals surface area contributed by atoms with Gasteiger partial charge in [-0.25, -0.2) is 0 Å². The minimum Gasteiger partial charge on any atom is -0.489 e. The third kappa shape index (κ3) is 4.83. The first-order valence-electron chi connectivity index (χ1n) is 9.92. The maximum absolute atomic E-state index is 10.4. The summed E-state index contributed by atoms with van der Waals surface area (Å²) >= 11 is 0. The Morgan fingerprint density at radius 2 is 1.45 bits per heavy atom. The van der Waals surface area contributed by atoms with Gasteiger partial charge in [0.25, 0.3) is 0 Å². The highest BCUT2D eigenvalue weighted by Gasteiger charge is 2.11. The second-order valence-electron chi connectivity index (χ2n) is 7.10. The number of benzene rings is 4. The van der Waals surface area contributed by atoms with Crippen molar-refractivity contribution in [3.05, 3.63) is 114 Å². The molecule has 0 radical (unpaired) electrons. The largest absolute Gasteiger partial charge is 0.489 e. The molecule has 4 aromatic rings. The van der Waals surface area contributed by atoms with Crippen LogP contribution in [0.1, 0.15) is 22.8 Å². The molecule has 0 aliphatic rings. The smallest absolute Gasteiger partial charge is 0.124 e. The minimum absolute atomic E-state index is 0.478. The highest BCUT2D eigenvalue weighted by atomic mass is 16.5. The first-order chi connectivity index (χ1) is 14.3. The van der Waals surface area contributed by atoms with Crippen molar-refractivity contribution in [2.24, 2.45) is 0 Å². The maximum atomic E-state index is 10.4. The molecule has 29 heavy (non-hydrogen) atoms. The summed E-state index contributed by atoms with van der Waals surface area (Å²) in [5.74, 6) is 0.870. The third-order valence-electron chi connectivity index (χ3n) is 5.06. The lowest BCUT2D eigenvalue weighted by Crippen LogP contribution is -2.21. The SMILES string of the molecule is OC(CNCc1c(OCc2ccccc2)ccc2ccccc12)c1ccccc1. The summed E-state index contributed by atoms with van der Waals surface area (Å²) in [6.45, 7) is 1.62. The van der Waals surface area contributed by atoms with Crippen molar-refractivity contribution in [1.82, 2.24) is 5.32 Å². The van der Waals surface area contributed by atoms with E-state index in [0.29, 0.717) is 19.7 Å². The Balaban J connectivity index is 1.51. The van der Waals surface area contributed by atoms with E-state index in [-0.39, 0.29) is 0 Å². The Hall–Kier alpha value is -3.14. The van der Waals surface area contributed by atoms with E-state index in [2.05, 4.69) is 35.6 Å². The molecule has 146 valence electrons. The molecule has 0 saturated heterocycles. The van der Waals surface area contributed by atoms with Gasteiger partial charge in [0.2, 0.25) is 0 Å². The molecule has 0 heterocycles. The third-order valence-corrected chi connectivity index (χ3v) is 5.06. The molecule has 0 bridgehead atoms. The van der Waals surface area contributed by atoms with Crippen LogP contribution in [0.5, 0.6) is 5.75 Å². The van der Waals surface area contributed by atoms with E-state index >= 15 is 0 Å². The van der Waals surface area contributed by atoms with Gasteiger partial charge in [-0.05, 0) is 28.0 Å². The van der Waals surface area contributed by atoms with E-state index in [1.807, 2.05) is 66.7 Å². The zero-order valence-corrected chi connectivity index (χ0v) is 16.3. The summed E-state index contributed by atoms with van der Waals surface area (Å²) < 4.78 is 6.17. The van der Waals surface area contributed by atoms with Gasteiger partial charge in [0.05, 0.1) is 6.10 Å². The Kier molecular flexibility index (Phi) is 6.20. The van der Waals surface area contributed by atoms with Crippen molar-refractivity contribution in [3.63, 3.8) is 0 Å². The average molecular weight is 383 g/mol. The number of rotatable bonds is 8. The number of aliphatic hydroxyl groups excluding tert-OH is 1. The molecule has 0 saturated carbocycles. The molecule has 0 aliphatic heterocycles. The molecule has 0 spiro atoms. The molecular formula is C26H25NO2. The molecule has 4 rings (SSSR count). The van der Waals surface area contributed by atoms with Crippen molar-refractivity contribution in [2.75, 3.05) is 6.54 Å². The number of hydrogen-bond donors (Lipinski definition) is 2. The molecule has 1 unspecified atom stereocenters. The zero-order valence-electron chi connectivity index (χ0n) is 16.3. The van der Waals surface area contributed by atoms with E-state index < -0.39 is 6.10 Å². The van der Waals surface area contributed by atoms with Gasteiger partial charge in [-0.1, -0.05) is 91.0 Å². The predicted molar refractivity (Wildman–Crippen MR) is 118 cm³/mol. The van der Waals surface area contributed by atoms with E-state index in [1.165, 1.54) is 10.8 Å². The quantitative estimate of drug-likeness (QED) is 0.437. The Morgan fingerprint density at radius 3 is 2.24 bits per heavy atom.